The first kappa shape index (κ1) is 35.5. The lowest BCUT2D eigenvalue weighted by atomic mass is 10.0. The summed E-state index contributed by atoms with van der Waals surface area (Å²) in [5, 5.41) is 3.66. The number of hydrogen-bond acceptors (Lipinski definition) is 4. The lowest BCUT2D eigenvalue weighted by Crippen LogP contribution is -2.54. The van der Waals surface area contributed by atoms with Crippen molar-refractivity contribution in [3.8, 4) is 0 Å². The fraction of sp³-hybridized carbons (Fsp3) is 0.257. The first-order valence-corrected chi connectivity index (χ1v) is 17.8. The van der Waals surface area contributed by atoms with Gasteiger partial charge in [0.05, 0.1) is 10.6 Å². The van der Waals surface area contributed by atoms with Crippen LogP contribution in [0.5, 0.6) is 0 Å². The Morgan fingerprint density at radius 2 is 1.52 bits per heavy atom. The van der Waals surface area contributed by atoms with Crippen molar-refractivity contribution in [2.45, 2.75) is 57.1 Å². The Hall–Kier alpha value is -3.37. The molecule has 0 aliphatic heterocycles. The number of rotatable bonds is 13. The Balaban J connectivity index is 1.84. The molecule has 0 bridgehead atoms. The summed E-state index contributed by atoms with van der Waals surface area (Å²) in [4.78, 5) is 30.0. The molecule has 0 radical (unpaired) electrons. The van der Waals surface area contributed by atoms with Gasteiger partial charge in [-0.25, -0.2) is 8.42 Å². The monoisotopic (exact) mass is 743 g/mol. The van der Waals surface area contributed by atoms with Crippen LogP contribution in [0.1, 0.15) is 37.0 Å². The molecule has 4 aromatic rings. The first-order valence-electron chi connectivity index (χ1n) is 14.8. The van der Waals surface area contributed by atoms with Gasteiger partial charge < -0.3 is 10.2 Å². The SMILES string of the molecule is CC[C@@H](C)NC(=O)[C@H](Cc1ccccc1)N(Cc1c(Cl)cccc1Cl)C(=O)CN(c1cccc(Br)c1)S(=O)(=O)c1ccc(C)cc1. The van der Waals surface area contributed by atoms with Crippen molar-refractivity contribution in [2.24, 2.45) is 0 Å². The standard InChI is InChI=1S/C35H36BrCl2N3O4S/c1-4-25(3)39-35(43)33(20-26-10-6-5-7-11-26)40(22-30-31(37)14-9-15-32(30)38)34(42)23-41(28-13-8-12-27(36)21-28)46(44,45)29-18-16-24(2)17-19-29/h5-19,21,25,33H,4,20,22-23H2,1-3H3,(H,39,43)/t25-,33+/m1/s1. The molecule has 242 valence electrons. The van der Waals surface area contributed by atoms with E-state index in [0.29, 0.717) is 26.5 Å². The van der Waals surface area contributed by atoms with E-state index in [0.717, 1.165) is 15.4 Å². The number of halogens is 3. The molecule has 11 heteroatoms. The first-order chi connectivity index (χ1) is 21.9. The number of hydrogen-bond donors (Lipinski definition) is 1. The molecule has 0 saturated carbocycles. The van der Waals surface area contributed by atoms with Gasteiger partial charge in [-0.3, -0.25) is 13.9 Å². The van der Waals surface area contributed by atoms with E-state index in [9.17, 15) is 18.0 Å². The van der Waals surface area contributed by atoms with E-state index >= 15 is 0 Å². The van der Waals surface area contributed by atoms with Crippen LogP contribution in [0.25, 0.3) is 0 Å². The lowest BCUT2D eigenvalue weighted by Gasteiger charge is -2.34. The molecule has 0 aliphatic carbocycles. The van der Waals surface area contributed by atoms with Gasteiger partial charge in [0, 0.05) is 39.1 Å². The summed E-state index contributed by atoms with van der Waals surface area (Å²) < 4.78 is 30.1. The molecule has 0 saturated heterocycles. The second-order valence-corrected chi connectivity index (χ2v) is 14.6. The Kier molecular flexibility index (Phi) is 12.3. The van der Waals surface area contributed by atoms with E-state index in [1.807, 2.05) is 51.1 Å². The highest BCUT2D eigenvalue weighted by Gasteiger charge is 2.35. The van der Waals surface area contributed by atoms with Gasteiger partial charge in [-0.2, -0.15) is 0 Å². The van der Waals surface area contributed by atoms with Crippen molar-refractivity contribution in [3.05, 3.63) is 128 Å². The van der Waals surface area contributed by atoms with Crippen molar-refractivity contribution in [1.29, 1.82) is 0 Å². The second-order valence-electron chi connectivity index (χ2n) is 11.0. The van der Waals surface area contributed by atoms with Gasteiger partial charge in [0.15, 0.2) is 0 Å². The fourth-order valence-corrected chi connectivity index (χ4v) is 7.16. The van der Waals surface area contributed by atoms with Gasteiger partial charge in [-0.1, -0.05) is 106 Å². The van der Waals surface area contributed by atoms with E-state index < -0.39 is 28.5 Å². The number of nitrogens with zero attached hydrogens (tertiary/aromatic N) is 2. The molecule has 4 aromatic carbocycles. The van der Waals surface area contributed by atoms with Crippen molar-refractivity contribution >= 4 is 66.7 Å². The number of nitrogens with one attached hydrogen (secondary N) is 1. The summed E-state index contributed by atoms with van der Waals surface area (Å²) in [5.41, 5.74) is 2.44. The van der Waals surface area contributed by atoms with Crippen molar-refractivity contribution < 1.29 is 18.0 Å². The molecule has 2 atom stereocenters. The summed E-state index contributed by atoms with van der Waals surface area (Å²) in [7, 11) is -4.22. The van der Waals surface area contributed by atoms with Crippen LogP contribution in [0.4, 0.5) is 5.69 Å². The minimum absolute atomic E-state index is 0.0296. The third kappa shape index (κ3) is 8.91. The van der Waals surface area contributed by atoms with Gasteiger partial charge >= 0.3 is 0 Å². The number of anilines is 1. The van der Waals surface area contributed by atoms with Crippen LogP contribution in [0.15, 0.2) is 106 Å². The molecular weight excluding hydrogens is 709 g/mol. The van der Waals surface area contributed by atoms with Gasteiger partial charge in [-0.15, -0.1) is 0 Å². The molecular formula is C35H36BrCl2N3O4S. The fourth-order valence-electron chi connectivity index (χ4n) is 4.85. The van der Waals surface area contributed by atoms with Crippen LogP contribution < -0.4 is 9.62 Å². The van der Waals surface area contributed by atoms with Gasteiger partial charge in [0.25, 0.3) is 10.0 Å². The van der Waals surface area contributed by atoms with Crippen molar-refractivity contribution in [3.63, 3.8) is 0 Å². The minimum atomic E-state index is -4.22. The smallest absolute Gasteiger partial charge is 0.264 e. The van der Waals surface area contributed by atoms with Crippen molar-refractivity contribution in [2.75, 3.05) is 10.8 Å². The zero-order valence-corrected chi connectivity index (χ0v) is 29.7. The zero-order chi connectivity index (χ0) is 33.4. The summed E-state index contributed by atoms with van der Waals surface area (Å²) in [5.74, 6) is -0.975. The number of carbonyl (C=O) groups excluding carboxylic acids is 2. The maximum atomic E-state index is 14.6. The zero-order valence-electron chi connectivity index (χ0n) is 25.8. The number of aryl methyl sites for hydroxylation is 1. The minimum Gasteiger partial charge on any atom is -0.352 e. The maximum Gasteiger partial charge on any atom is 0.264 e. The summed E-state index contributed by atoms with van der Waals surface area (Å²) in [6.45, 7) is 4.99. The summed E-state index contributed by atoms with van der Waals surface area (Å²) in [6, 6.07) is 26.3. The molecule has 46 heavy (non-hydrogen) atoms. The van der Waals surface area contributed by atoms with Crippen LogP contribution in [0.3, 0.4) is 0 Å². The molecule has 0 spiro atoms. The topological polar surface area (TPSA) is 86.8 Å². The van der Waals surface area contributed by atoms with Crippen LogP contribution >= 0.6 is 39.1 Å². The van der Waals surface area contributed by atoms with Gasteiger partial charge in [0.1, 0.15) is 12.6 Å². The number of amides is 2. The van der Waals surface area contributed by atoms with Gasteiger partial charge in [-0.05, 0) is 68.3 Å². The Labute approximate surface area is 289 Å². The Bertz CT molecular complexity index is 1750. The number of sulfonamides is 1. The summed E-state index contributed by atoms with van der Waals surface area (Å²) in [6.07, 6.45) is 0.859. The number of benzene rings is 4. The van der Waals surface area contributed by atoms with E-state index in [1.165, 1.54) is 17.0 Å². The maximum absolute atomic E-state index is 14.6. The van der Waals surface area contributed by atoms with Crippen LogP contribution in [-0.2, 0) is 32.6 Å². The predicted molar refractivity (Wildman–Crippen MR) is 189 cm³/mol. The Morgan fingerprint density at radius 1 is 0.891 bits per heavy atom. The highest BCUT2D eigenvalue weighted by Crippen LogP contribution is 2.30. The normalized spacial score (nSPS) is 12.7. The number of carbonyl (C=O) groups is 2. The molecule has 1 N–H and O–H groups in total. The third-order valence-electron chi connectivity index (χ3n) is 7.65. The van der Waals surface area contributed by atoms with E-state index in [4.69, 9.17) is 23.2 Å². The third-order valence-corrected chi connectivity index (χ3v) is 10.6. The molecule has 4 rings (SSSR count). The average molecular weight is 746 g/mol. The quantitative estimate of drug-likeness (QED) is 0.151. The van der Waals surface area contributed by atoms with Gasteiger partial charge in [0.2, 0.25) is 11.8 Å². The Morgan fingerprint density at radius 3 is 2.13 bits per heavy atom. The molecule has 2 amide bonds. The average Bonchev–Trinajstić information content (AvgIpc) is 3.03. The van der Waals surface area contributed by atoms with Crippen LogP contribution in [0, 0.1) is 6.92 Å². The highest BCUT2D eigenvalue weighted by molar-refractivity contribution is 9.10. The molecule has 0 aliphatic rings. The molecule has 0 aromatic heterocycles. The van der Waals surface area contributed by atoms with Crippen LogP contribution in [-0.4, -0.2) is 43.8 Å². The summed E-state index contributed by atoms with van der Waals surface area (Å²) >= 11 is 16.6. The van der Waals surface area contributed by atoms with E-state index in [2.05, 4.69) is 21.2 Å². The second kappa shape index (κ2) is 16.0. The highest BCUT2D eigenvalue weighted by atomic mass is 79.9. The lowest BCUT2D eigenvalue weighted by molar-refractivity contribution is -0.140. The molecule has 7 nitrogen and oxygen atoms in total. The predicted octanol–water partition coefficient (Wildman–Crippen LogP) is 7.81. The van der Waals surface area contributed by atoms with Crippen LogP contribution in [0.2, 0.25) is 10.0 Å². The molecule has 0 fully saturated rings. The molecule has 0 unspecified atom stereocenters. The van der Waals surface area contributed by atoms with E-state index in [1.54, 1.807) is 54.6 Å². The largest absolute Gasteiger partial charge is 0.352 e. The molecule has 0 heterocycles. The van der Waals surface area contributed by atoms with Crippen molar-refractivity contribution in [1.82, 2.24) is 10.2 Å². The van der Waals surface area contributed by atoms with E-state index in [-0.39, 0.29) is 35.5 Å².